The minimum Gasteiger partial charge on any atom is -0.469 e. The Morgan fingerprint density at radius 2 is 1.24 bits per heavy atom. The summed E-state index contributed by atoms with van der Waals surface area (Å²) < 4.78 is 54.1. The molecule has 29 heavy (non-hydrogen) atoms. The topological polar surface area (TPSA) is 97.4 Å². The van der Waals surface area contributed by atoms with E-state index in [0.717, 1.165) is 0 Å². The van der Waals surface area contributed by atoms with Gasteiger partial charge in [0.05, 0.1) is 39.5 Å². The second-order valence-electron chi connectivity index (χ2n) is 5.95. The highest BCUT2D eigenvalue weighted by Gasteiger charge is 2.52. The van der Waals surface area contributed by atoms with Gasteiger partial charge in [-0.3, -0.25) is 13.9 Å². The van der Waals surface area contributed by atoms with Crippen molar-refractivity contribution in [1.29, 1.82) is 0 Å². The molecule has 0 N–H and O–H groups in total. The van der Waals surface area contributed by atoms with Crippen molar-refractivity contribution in [3.05, 3.63) is 35.9 Å². The van der Waals surface area contributed by atoms with Crippen LogP contribution >= 0.6 is 15.2 Å². The van der Waals surface area contributed by atoms with Crippen LogP contribution in [-0.4, -0.2) is 44.9 Å². The summed E-state index contributed by atoms with van der Waals surface area (Å²) in [6, 6.07) is 8.85. The zero-order chi connectivity index (χ0) is 21.9. The van der Waals surface area contributed by atoms with Crippen molar-refractivity contribution in [2.24, 2.45) is 0 Å². The molecule has 0 saturated carbocycles. The lowest BCUT2D eigenvalue weighted by molar-refractivity contribution is -0.142. The summed E-state index contributed by atoms with van der Waals surface area (Å²) in [7, 11) is -6.65. The quantitative estimate of drug-likeness (QED) is 0.282. The number of methoxy groups -OCH3 is 1. The van der Waals surface area contributed by atoms with E-state index in [0.29, 0.717) is 5.56 Å². The van der Waals surface area contributed by atoms with Crippen LogP contribution in [0.4, 0.5) is 0 Å². The maximum Gasteiger partial charge on any atom is 0.345 e. The van der Waals surface area contributed by atoms with Gasteiger partial charge in [0, 0.05) is 0 Å². The summed E-state index contributed by atoms with van der Waals surface area (Å²) in [5, 5.41) is -1.29. The zero-order valence-electron chi connectivity index (χ0n) is 17.7. The van der Waals surface area contributed by atoms with Gasteiger partial charge in [-0.25, -0.2) is 0 Å². The molecule has 0 aromatic heterocycles. The second-order valence-corrected chi connectivity index (χ2v) is 10.8. The van der Waals surface area contributed by atoms with Crippen LogP contribution in [-0.2, 0) is 36.8 Å². The van der Waals surface area contributed by atoms with Crippen molar-refractivity contribution in [2.75, 3.05) is 33.5 Å². The van der Waals surface area contributed by atoms with Crippen molar-refractivity contribution in [2.45, 2.75) is 45.4 Å². The molecule has 0 radical (unpaired) electrons. The van der Waals surface area contributed by atoms with E-state index in [9.17, 15) is 13.9 Å². The number of carbonyl (C=O) groups excluding carboxylic acids is 1. The van der Waals surface area contributed by atoms with Gasteiger partial charge in [0.15, 0.2) is 5.40 Å². The van der Waals surface area contributed by atoms with Crippen molar-refractivity contribution in [3.8, 4) is 0 Å². The SMILES string of the molecule is CCOP(=O)(OCC)C(C[C@H](C(=O)OC)c1ccccc1)P(=O)(OCC)OCC. The number of hydrogen-bond donors (Lipinski definition) is 0. The molecule has 0 aliphatic carbocycles. The van der Waals surface area contributed by atoms with Crippen LogP contribution in [0.1, 0.15) is 45.6 Å². The largest absolute Gasteiger partial charge is 0.469 e. The number of esters is 1. The lowest BCUT2D eigenvalue weighted by atomic mass is 9.97. The van der Waals surface area contributed by atoms with Gasteiger partial charge in [-0.05, 0) is 39.7 Å². The number of ether oxygens (including phenoxy) is 1. The summed E-state index contributed by atoms with van der Waals surface area (Å²) in [4.78, 5) is 12.6. The molecule has 166 valence electrons. The first-order valence-electron chi connectivity index (χ1n) is 9.72. The van der Waals surface area contributed by atoms with E-state index in [1.54, 1.807) is 52.0 Å². The molecule has 0 heterocycles. The first-order chi connectivity index (χ1) is 13.8. The minimum atomic E-state index is -3.96. The van der Waals surface area contributed by atoms with Crippen LogP contribution in [0.2, 0.25) is 0 Å². The predicted octanol–water partition coefficient (Wildman–Crippen LogP) is 5.19. The van der Waals surface area contributed by atoms with Gasteiger partial charge in [-0.2, -0.15) is 0 Å². The van der Waals surface area contributed by atoms with Crippen LogP contribution < -0.4 is 0 Å². The summed E-state index contributed by atoms with van der Waals surface area (Å²) >= 11 is 0. The Morgan fingerprint density at radius 3 is 1.59 bits per heavy atom. The molecule has 1 aromatic rings. The highest BCUT2D eigenvalue weighted by molar-refractivity contribution is 7.72. The van der Waals surface area contributed by atoms with Gasteiger partial charge in [-0.1, -0.05) is 30.3 Å². The van der Waals surface area contributed by atoms with E-state index in [2.05, 4.69) is 0 Å². The number of benzene rings is 1. The van der Waals surface area contributed by atoms with E-state index < -0.39 is 32.5 Å². The Balaban J connectivity index is 3.53. The standard InChI is InChI=1S/C19H32O8P2/c1-6-24-28(21,25-7-2)18(29(22,26-8-3)27-9-4)15-17(19(20)23-5)16-13-11-10-12-14-16/h10-14,17-18H,6-9,15H2,1-5H3/t17-/m0/s1. The molecule has 1 rings (SSSR count). The minimum absolute atomic E-state index is 0.0697. The van der Waals surface area contributed by atoms with E-state index in [-0.39, 0.29) is 32.8 Å². The Labute approximate surface area is 173 Å². The fourth-order valence-electron chi connectivity index (χ4n) is 2.98. The molecule has 0 aliphatic rings. The van der Waals surface area contributed by atoms with Crippen LogP contribution in [0.15, 0.2) is 30.3 Å². The molecule has 10 heteroatoms. The maximum atomic E-state index is 13.7. The molecular formula is C19H32O8P2. The molecular weight excluding hydrogens is 418 g/mol. The van der Waals surface area contributed by atoms with Gasteiger partial charge in [-0.15, -0.1) is 0 Å². The third-order valence-corrected chi connectivity index (χ3v) is 10.2. The first-order valence-corrected chi connectivity index (χ1v) is 12.9. The Kier molecular flexibility index (Phi) is 11.3. The molecule has 0 fully saturated rings. The van der Waals surface area contributed by atoms with E-state index >= 15 is 0 Å². The fourth-order valence-corrected chi connectivity index (χ4v) is 8.38. The normalized spacial score (nSPS) is 13.4. The zero-order valence-corrected chi connectivity index (χ0v) is 19.5. The van der Waals surface area contributed by atoms with Crippen LogP contribution in [0.3, 0.4) is 0 Å². The van der Waals surface area contributed by atoms with Crippen LogP contribution in [0.25, 0.3) is 0 Å². The Bertz CT molecular complexity index is 659. The molecule has 0 saturated heterocycles. The Hall–Kier alpha value is -1.01. The highest BCUT2D eigenvalue weighted by Crippen LogP contribution is 2.72. The molecule has 0 bridgehead atoms. The smallest absolute Gasteiger partial charge is 0.345 e. The van der Waals surface area contributed by atoms with Crippen molar-refractivity contribution < 1.29 is 36.8 Å². The maximum absolute atomic E-state index is 13.7. The monoisotopic (exact) mass is 450 g/mol. The van der Waals surface area contributed by atoms with E-state index in [1.165, 1.54) is 7.11 Å². The van der Waals surface area contributed by atoms with E-state index in [4.69, 9.17) is 22.8 Å². The predicted molar refractivity (Wildman–Crippen MR) is 111 cm³/mol. The van der Waals surface area contributed by atoms with Crippen LogP contribution in [0.5, 0.6) is 0 Å². The van der Waals surface area contributed by atoms with Gasteiger partial charge in [0.1, 0.15) is 0 Å². The summed E-state index contributed by atoms with van der Waals surface area (Å²) in [5.74, 6) is -1.41. The molecule has 0 aliphatic heterocycles. The first kappa shape index (κ1) is 26.0. The highest BCUT2D eigenvalue weighted by atomic mass is 31.2. The Morgan fingerprint density at radius 1 is 0.828 bits per heavy atom. The molecule has 0 amide bonds. The van der Waals surface area contributed by atoms with E-state index in [1.807, 2.05) is 6.07 Å². The fraction of sp³-hybridized carbons (Fsp3) is 0.632. The molecule has 1 aromatic carbocycles. The summed E-state index contributed by atoms with van der Waals surface area (Å²) in [5.41, 5.74) is 0.628. The van der Waals surface area contributed by atoms with Crippen LogP contribution in [0, 0.1) is 0 Å². The summed E-state index contributed by atoms with van der Waals surface area (Å²) in [6.07, 6.45) is -0.148. The molecule has 1 atom stereocenters. The molecule has 0 spiro atoms. The van der Waals surface area contributed by atoms with Gasteiger partial charge >= 0.3 is 21.2 Å². The summed E-state index contributed by atoms with van der Waals surface area (Å²) in [6.45, 7) is 6.91. The average molecular weight is 450 g/mol. The lowest BCUT2D eigenvalue weighted by Crippen LogP contribution is -2.24. The molecule has 8 nitrogen and oxygen atoms in total. The third kappa shape index (κ3) is 7.02. The van der Waals surface area contributed by atoms with Crippen molar-refractivity contribution >= 4 is 21.2 Å². The lowest BCUT2D eigenvalue weighted by Gasteiger charge is -2.33. The van der Waals surface area contributed by atoms with Gasteiger partial charge in [0.25, 0.3) is 0 Å². The number of carbonyl (C=O) groups is 1. The number of hydrogen-bond acceptors (Lipinski definition) is 8. The van der Waals surface area contributed by atoms with Gasteiger partial charge < -0.3 is 22.8 Å². The van der Waals surface area contributed by atoms with Crippen molar-refractivity contribution in [3.63, 3.8) is 0 Å². The van der Waals surface area contributed by atoms with Crippen molar-refractivity contribution in [1.82, 2.24) is 0 Å². The van der Waals surface area contributed by atoms with Gasteiger partial charge in [0.2, 0.25) is 0 Å². The average Bonchev–Trinajstić information content (AvgIpc) is 2.69. The number of rotatable bonds is 14. The molecule has 0 unspecified atom stereocenters. The third-order valence-electron chi connectivity index (χ3n) is 4.10. The second kappa shape index (κ2) is 12.6.